The Bertz CT molecular complexity index is 1350. The Balaban J connectivity index is 1.80. The van der Waals surface area contributed by atoms with Crippen molar-refractivity contribution in [1.82, 2.24) is 14.7 Å². The Kier molecular flexibility index (Phi) is 6.04. The number of nitrogens with one attached hydrogen (secondary N) is 2. The molecule has 0 saturated heterocycles. The standard InChI is InChI=1S/C25H21N5O3/c1-16(25(32)33)28-24(31)20-8-5-13-30-22(20)29-21(19-11-9-17(14-26)10-12-19)23(30)27-15-18-6-3-2-4-7-18/h2-13,16,27H,15H2,1H3,(H,28,31)(H,32,33). The lowest BCUT2D eigenvalue weighted by atomic mass is 10.1. The Morgan fingerprint density at radius 2 is 1.82 bits per heavy atom. The molecule has 0 aliphatic heterocycles. The zero-order valence-electron chi connectivity index (χ0n) is 17.8. The van der Waals surface area contributed by atoms with Crippen LogP contribution in [0.3, 0.4) is 0 Å². The number of nitriles is 1. The number of carboxylic acids is 1. The first kappa shape index (κ1) is 21.6. The van der Waals surface area contributed by atoms with Gasteiger partial charge in [0.1, 0.15) is 17.6 Å². The van der Waals surface area contributed by atoms with Gasteiger partial charge in [0.2, 0.25) is 0 Å². The molecule has 1 unspecified atom stereocenters. The van der Waals surface area contributed by atoms with E-state index < -0.39 is 17.9 Å². The third-order valence-electron chi connectivity index (χ3n) is 5.20. The fraction of sp³-hybridized carbons (Fsp3) is 0.120. The molecule has 1 atom stereocenters. The van der Waals surface area contributed by atoms with Crippen molar-refractivity contribution in [3.63, 3.8) is 0 Å². The summed E-state index contributed by atoms with van der Waals surface area (Å²) < 4.78 is 1.77. The van der Waals surface area contributed by atoms with Crippen molar-refractivity contribution in [1.29, 1.82) is 5.26 Å². The summed E-state index contributed by atoms with van der Waals surface area (Å²) in [6, 6.07) is 21.3. The zero-order valence-corrected chi connectivity index (χ0v) is 17.8. The van der Waals surface area contributed by atoms with Crippen LogP contribution in [0.4, 0.5) is 5.82 Å². The van der Waals surface area contributed by atoms with Gasteiger partial charge in [0.25, 0.3) is 5.91 Å². The lowest BCUT2D eigenvalue weighted by molar-refractivity contribution is -0.138. The van der Waals surface area contributed by atoms with Gasteiger partial charge in [-0.3, -0.25) is 14.0 Å². The number of anilines is 1. The first-order chi connectivity index (χ1) is 16.0. The number of hydrogen-bond donors (Lipinski definition) is 3. The van der Waals surface area contributed by atoms with E-state index in [1.54, 1.807) is 47.0 Å². The lowest BCUT2D eigenvalue weighted by Crippen LogP contribution is -2.38. The summed E-state index contributed by atoms with van der Waals surface area (Å²) in [7, 11) is 0. The molecule has 33 heavy (non-hydrogen) atoms. The van der Waals surface area contributed by atoms with Crippen molar-refractivity contribution in [2.45, 2.75) is 19.5 Å². The summed E-state index contributed by atoms with van der Waals surface area (Å²) in [6.07, 6.45) is 1.79. The molecule has 0 aliphatic carbocycles. The minimum absolute atomic E-state index is 0.258. The smallest absolute Gasteiger partial charge is 0.325 e. The van der Waals surface area contributed by atoms with E-state index in [2.05, 4.69) is 16.7 Å². The molecule has 0 aliphatic rings. The molecule has 4 aromatic rings. The number of nitrogens with zero attached hydrogens (tertiary/aromatic N) is 3. The van der Waals surface area contributed by atoms with Crippen LogP contribution in [0.1, 0.15) is 28.4 Å². The van der Waals surface area contributed by atoms with Gasteiger partial charge >= 0.3 is 5.97 Å². The van der Waals surface area contributed by atoms with Crippen molar-refractivity contribution in [3.8, 4) is 17.3 Å². The summed E-state index contributed by atoms with van der Waals surface area (Å²) in [4.78, 5) is 28.7. The van der Waals surface area contributed by atoms with Crippen molar-refractivity contribution in [2.24, 2.45) is 0 Å². The number of rotatable bonds is 7. The average molecular weight is 439 g/mol. The quantitative estimate of drug-likeness (QED) is 0.404. The van der Waals surface area contributed by atoms with Gasteiger partial charge in [-0.25, -0.2) is 4.98 Å². The van der Waals surface area contributed by atoms with Crippen molar-refractivity contribution >= 4 is 23.3 Å². The predicted molar refractivity (Wildman–Crippen MR) is 124 cm³/mol. The molecule has 0 fully saturated rings. The topological polar surface area (TPSA) is 120 Å². The van der Waals surface area contributed by atoms with Crippen LogP contribution in [0.5, 0.6) is 0 Å². The number of fused-ring (bicyclic) bond motifs is 1. The zero-order chi connectivity index (χ0) is 23.4. The predicted octanol–water partition coefficient (Wildman–Crippen LogP) is 3.69. The summed E-state index contributed by atoms with van der Waals surface area (Å²) in [5.74, 6) is -0.969. The Morgan fingerprint density at radius 1 is 1.09 bits per heavy atom. The van der Waals surface area contributed by atoms with Crippen molar-refractivity contribution in [3.05, 3.63) is 89.6 Å². The Labute approximate surface area is 190 Å². The SMILES string of the molecule is CC(NC(=O)c1cccn2c(NCc3ccccc3)c(-c3ccc(C#N)cc3)nc12)C(=O)O. The molecule has 0 radical (unpaired) electrons. The molecule has 164 valence electrons. The molecule has 2 aromatic carbocycles. The molecule has 8 heteroatoms. The number of imidazole rings is 1. The van der Waals surface area contributed by atoms with E-state index in [-0.39, 0.29) is 5.56 Å². The van der Waals surface area contributed by atoms with Gasteiger partial charge in [0, 0.05) is 18.3 Å². The highest BCUT2D eigenvalue weighted by Crippen LogP contribution is 2.30. The number of pyridine rings is 1. The van der Waals surface area contributed by atoms with E-state index in [9.17, 15) is 9.59 Å². The molecule has 2 aromatic heterocycles. The molecular formula is C25H21N5O3. The van der Waals surface area contributed by atoms with Crippen LogP contribution in [0.2, 0.25) is 0 Å². The van der Waals surface area contributed by atoms with Gasteiger partial charge in [-0.2, -0.15) is 5.26 Å². The molecular weight excluding hydrogens is 418 g/mol. The van der Waals surface area contributed by atoms with Crippen LogP contribution in [0.15, 0.2) is 72.9 Å². The fourth-order valence-corrected chi connectivity index (χ4v) is 3.44. The first-order valence-electron chi connectivity index (χ1n) is 10.3. The molecule has 8 nitrogen and oxygen atoms in total. The molecule has 1 amide bonds. The number of amides is 1. The van der Waals surface area contributed by atoms with Crippen LogP contribution in [-0.2, 0) is 11.3 Å². The number of carbonyl (C=O) groups excluding carboxylic acids is 1. The molecule has 3 N–H and O–H groups in total. The minimum atomic E-state index is -1.12. The maximum atomic E-state index is 12.8. The number of hydrogen-bond acceptors (Lipinski definition) is 5. The van der Waals surface area contributed by atoms with E-state index in [0.717, 1.165) is 11.1 Å². The summed E-state index contributed by atoms with van der Waals surface area (Å²) in [5.41, 5.74) is 3.64. The second kappa shape index (κ2) is 9.24. The number of carbonyl (C=O) groups is 2. The minimum Gasteiger partial charge on any atom is -0.480 e. The van der Waals surface area contributed by atoms with E-state index in [1.165, 1.54) is 6.92 Å². The van der Waals surface area contributed by atoms with E-state index in [1.807, 2.05) is 30.3 Å². The number of carboxylic acid groups (broad SMARTS) is 1. The number of benzene rings is 2. The molecule has 4 rings (SSSR count). The maximum absolute atomic E-state index is 12.8. The van der Waals surface area contributed by atoms with Gasteiger partial charge in [-0.05, 0) is 36.8 Å². The third kappa shape index (κ3) is 4.52. The average Bonchev–Trinajstić information content (AvgIpc) is 3.21. The Hall–Kier alpha value is -4.64. The van der Waals surface area contributed by atoms with Crippen molar-refractivity contribution in [2.75, 3.05) is 5.32 Å². The third-order valence-corrected chi connectivity index (χ3v) is 5.20. The number of aliphatic carboxylic acids is 1. The van der Waals surface area contributed by atoms with E-state index in [0.29, 0.717) is 29.3 Å². The van der Waals surface area contributed by atoms with Gasteiger partial charge < -0.3 is 15.7 Å². The van der Waals surface area contributed by atoms with Crippen molar-refractivity contribution < 1.29 is 14.7 Å². The molecule has 2 heterocycles. The van der Waals surface area contributed by atoms with Crippen LogP contribution in [0.25, 0.3) is 16.9 Å². The second-order valence-corrected chi connectivity index (χ2v) is 7.49. The Morgan fingerprint density at radius 3 is 2.48 bits per heavy atom. The van der Waals surface area contributed by atoms with Crippen LogP contribution in [-0.4, -0.2) is 32.4 Å². The van der Waals surface area contributed by atoms with Gasteiger partial charge in [0.15, 0.2) is 5.65 Å². The molecule has 0 saturated carbocycles. The summed E-state index contributed by atoms with van der Waals surface area (Å²) in [5, 5.41) is 24.2. The van der Waals surface area contributed by atoms with Crippen LogP contribution >= 0.6 is 0 Å². The highest BCUT2D eigenvalue weighted by molar-refractivity contribution is 6.02. The first-order valence-corrected chi connectivity index (χ1v) is 10.3. The van der Waals surface area contributed by atoms with E-state index >= 15 is 0 Å². The normalized spacial score (nSPS) is 11.5. The maximum Gasteiger partial charge on any atom is 0.325 e. The lowest BCUT2D eigenvalue weighted by Gasteiger charge is -2.11. The largest absolute Gasteiger partial charge is 0.480 e. The molecule has 0 spiro atoms. The summed E-state index contributed by atoms with van der Waals surface area (Å²) in [6.45, 7) is 1.94. The molecule has 0 bridgehead atoms. The highest BCUT2D eigenvalue weighted by Gasteiger charge is 2.21. The van der Waals surface area contributed by atoms with Crippen LogP contribution < -0.4 is 10.6 Å². The monoisotopic (exact) mass is 439 g/mol. The number of aromatic nitrogens is 2. The van der Waals surface area contributed by atoms with Gasteiger partial charge in [-0.15, -0.1) is 0 Å². The fourth-order valence-electron chi connectivity index (χ4n) is 3.44. The van der Waals surface area contributed by atoms with Gasteiger partial charge in [0.05, 0.1) is 17.2 Å². The van der Waals surface area contributed by atoms with Gasteiger partial charge in [-0.1, -0.05) is 42.5 Å². The highest BCUT2D eigenvalue weighted by atomic mass is 16.4. The van der Waals surface area contributed by atoms with Crippen LogP contribution in [0, 0.1) is 11.3 Å². The summed E-state index contributed by atoms with van der Waals surface area (Å²) >= 11 is 0. The second-order valence-electron chi connectivity index (χ2n) is 7.49. The van der Waals surface area contributed by atoms with E-state index in [4.69, 9.17) is 15.4 Å².